The summed E-state index contributed by atoms with van der Waals surface area (Å²) >= 11 is 0. The third-order valence-electron chi connectivity index (χ3n) is 10.1. The number of fused-ring (bicyclic) bond motifs is 5. The van der Waals surface area contributed by atoms with Gasteiger partial charge in [-0.25, -0.2) is 4.98 Å². The standard InChI is InChI=1S/C49H32N2O/c1-3-12-37(13-4-1)49-50-48-46(52-49)30-26-36-15-10-20-45(47(36)48)38-22-21-33-23-29-42(32-39(33)31-38)51(40-16-5-2-6-17-40)41-27-24-35(25-28-41)44-19-9-14-34-11-7-8-18-43(34)44/h1-32H. The third kappa shape index (κ3) is 5.19. The Hall–Kier alpha value is -6.97. The number of hydrogen-bond donors (Lipinski definition) is 0. The summed E-state index contributed by atoms with van der Waals surface area (Å²) in [6.07, 6.45) is 0. The Kier molecular flexibility index (Phi) is 7.14. The summed E-state index contributed by atoms with van der Waals surface area (Å²) in [6, 6.07) is 68.8. The molecular formula is C49H32N2O. The van der Waals surface area contributed by atoms with Gasteiger partial charge in [0.2, 0.25) is 5.89 Å². The molecule has 0 radical (unpaired) electrons. The fourth-order valence-corrected chi connectivity index (χ4v) is 7.54. The number of para-hydroxylation sites is 1. The van der Waals surface area contributed by atoms with Crippen LogP contribution in [-0.4, -0.2) is 4.98 Å². The molecule has 0 spiro atoms. The van der Waals surface area contributed by atoms with Crippen LogP contribution < -0.4 is 4.90 Å². The molecule has 10 aromatic rings. The molecule has 0 unspecified atom stereocenters. The maximum absolute atomic E-state index is 6.28. The average molecular weight is 665 g/mol. The molecule has 0 atom stereocenters. The van der Waals surface area contributed by atoms with Gasteiger partial charge in [-0.2, -0.15) is 0 Å². The zero-order valence-electron chi connectivity index (χ0n) is 28.3. The second-order valence-corrected chi connectivity index (χ2v) is 13.2. The maximum atomic E-state index is 6.28. The number of aromatic nitrogens is 1. The maximum Gasteiger partial charge on any atom is 0.227 e. The van der Waals surface area contributed by atoms with E-state index < -0.39 is 0 Å². The molecule has 1 aromatic heterocycles. The van der Waals surface area contributed by atoms with Crippen molar-refractivity contribution >= 4 is 60.5 Å². The molecule has 10 rings (SSSR count). The quantitative estimate of drug-likeness (QED) is 0.177. The summed E-state index contributed by atoms with van der Waals surface area (Å²) in [4.78, 5) is 7.37. The molecule has 1 heterocycles. The molecule has 0 aliphatic heterocycles. The van der Waals surface area contributed by atoms with Crippen molar-refractivity contribution in [1.29, 1.82) is 0 Å². The van der Waals surface area contributed by atoms with E-state index in [0.29, 0.717) is 5.89 Å². The summed E-state index contributed by atoms with van der Waals surface area (Å²) in [5, 5.41) is 7.08. The molecule has 0 saturated carbocycles. The van der Waals surface area contributed by atoms with Gasteiger partial charge in [-0.15, -0.1) is 0 Å². The van der Waals surface area contributed by atoms with Gasteiger partial charge >= 0.3 is 0 Å². The molecule has 0 N–H and O–H groups in total. The van der Waals surface area contributed by atoms with E-state index in [1.807, 2.05) is 36.4 Å². The highest BCUT2D eigenvalue weighted by atomic mass is 16.3. The molecule has 0 amide bonds. The lowest BCUT2D eigenvalue weighted by Crippen LogP contribution is -2.09. The predicted octanol–water partition coefficient (Wildman–Crippen LogP) is 13.8. The molecular weight excluding hydrogens is 633 g/mol. The van der Waals surface area contributed by atoms with Crippen LogP contribution in [0.15, 0.2) is 199 Å². The third-order valence-corrected chi connectivity index (χ3v) is 10.1. The highest BCUT2D eigenvalue weighted by molar-refractivity contribution is 6.12. The molecule has 0 saturated heterocycles. The second kappa shape index (κ2) is 12.4. The summed E-state index contributed by atoms with van der Waals surface area (Å²) in [6.45, 7) is 0. The zero-order valence-corrected chi connectivity index (χ0v) is 28.3. The molecule has 0 aliphatic rings. The van der Waals surface area contributed by atoms with Gasteiger partial charge in [0, 0.05) is 28.0 Å². The molecule has 3 heteroatoms. The lowest BCUT2D eigenvalue weighted by Gasteiger charge is -2.26. The Morgan fingerprint density at radius 1 is 0.385 bits per heavy atom. The van der Waals surface area contributed by atoms with Gasteiger partial charge in [0.1, 0.15) is 5.52 Å². The van der Waals surface area contributed by atoms with Crippen LogP contribution in [0.5, 0.6) is 0 Å². The first-order chi connectivity index (χ1) is 25.8. The minimum Gasteiger partial charge on any atom is -0.436 e. The number of benzene rings is 9. The Morgan fingerprint density at radius 2 is 1.02 bits per heavy atom. The molecule has 0 aliphatic carbocycles. The SMILES string of the molecule is c1ccc(-c2nc3c(ccc4cccc(-c5ccc6ccc(N(c7ccccc7)c7ccc(-c8cccc9ccccc89)cc7)cc6c5)c43)o2)cc1. The van der Waals surface area contributed by atoms with Crippen LogP contribution in [0.1, 0.15) is 0 Å². The first-order valence-electron chi connectivity index (χ1n) is 17.6. The van der Waals surface area contributed by atoms with Gasteiger partial charge in [-0.3, -0.25) is 0 Å². The fraction of sp³-hybridized carbons (Fsp3) is 0. The van der Waals surface area contributed by atoms with Crippen LogP contribution in [0.25, 0.3) is 77.1 Å². The van der Waals surface area contributed by atoms with Gasteiger partial charge < -0.3 is 9.32 Å². The Morgan fingerprint density at radius 3 is 1.87 bits per heavy atom. The van der Waals surface area contributed by atoms with Crippen molar-refractivity contribution in [2.45, 2.75) is 0 Å². The number of anilines is 3. The minimum atomic E-state index is 0.632. The molecule has 3 nitrogen and oxygen atoms in total. The van der Waals surface area contributed by atoms with Crippen LogP contribution in [0, 0.1) is 0 Å². The molecule has 244 valence electrons. The van der Waals surface area contributed by atoms with Crippen LogP contribution in [0.2, 0.25) is 0 Å². The normalized spacial score (nSPS) is 11.5. The summed E-state index contributed by atoms with van der Waals surface area (Å²) in [7, 11) is 0. The lowest BCUT2D eigenvalue weighted by molar-refractivity contribution is 0.620. The molecule has 9 aromatic carbocycles. The smallest absolute Gasteiger partial charge is 0.227 e. The summed E-state index contributed by atoms with van der Waals surface area (Å²) in [5.74, 6) is 0.632. The first kappa shape index (κ1) is 29.9. The number of rotatable bonds is 6. The van der Waals surface area contributed by atoms with Crippen molar-refractivity contribution in [3.05, 3.63) is 194 Å². The average Bonchev–Trinajstić information content (AvgIpc) is 3.66. The van der Waals surface area contributed by atoms with E-state index in [4.69, 9.17) is 9.40 Å². The van der Waals surface area contributed by atoms with E-state index in [9.17, 15) is 0 Å². The van der Waals surface area contributed by atoms with E-state index in [-0.39, 0.29) is 0 Å². The van der Waals surface area contributed by atoms with E-state index in [0.717, 1.165) is 61.0 Å². The number of oxazole rings is 1. The Labute approximate surface area is 301 Å². The monoisotopic (exact) mass is 664 g/mol. The molecule has 0 fully saturated rings. The topological polar surface area (TPSA) is 29.3 Å². The number of nitrogens with zero attached hydrogens (tertiary/aromatic N) is 2. The van der Waals surface area contributed by atoms with Crippen molar-refractivity contribution in [1.82, 2.24) is 4.98 Å². The van der Waals surface area contributed by atoms with Gasteiger partial charge in [0.25, 0.3) is 0 Å². The van der Waals surface area contributed by atoms with Crippen LogP contribution >= 0.6 is 0 Å². The van der Waals surface area contributed by atoms with Crippen LogP contribution in [-0.2, 0) is 0 Å². The Bertz CT molecular complexity index is 2890. The van der Waals surface area contributed by atoms with Gasteiger partial charge in [-0.1, -0.05) is 133 Å². The largest absolute Gasteiger partial charge is 0.436 e. The first-order valence-corrected chi connectivity index (χ1v) is 17.6. The van der Waals surface area contributed by atoms with Gasteiger partial charge in [0.15, 0.2) is 5.58 Å². The van der Waals surface area contributed by atoms with Gasteiger partial charge in [-0.05, 0) is 110 Å². The number of hydrogen-bond acceptors (Lipinski definition) is 3. The van der Waals surface area contributed by atoms with Crippen molar-refractivity contribution in [3.8, 4) is 33.7 Å². The van der Waals surface area contributed by atoms with Crippen LogP contribution in [0.3, 0.4) is 0 Å². The van der Waals surface area contributed by atoms with Crippen molar-refractivity contribution in [2.24, 2.45) is 0 Å². The lowest BCUT2D eigenvalue weighted by atomic mass is 9.95. The minimum absolute atomic E-state index is 0.632. The van der Waals surface area contributed by atoms with Crippen molar-refractivity contribution < 1.29 is 4.42 Å². The van der Waals surface area contributed by atoms with Crippen LogP contribution in [0.4, 0.5) is 17.1 Å². The van der Waals surface area contributed by atoms with E-state index >= 15 is 0 Å². The highest BCUT2D eigenvalue weighted by Gasteiger charge is 2.17. The van der Waals surface area contributed by atoms with E-state index in [1.54, 1.807) is 0 Å². The molecule has 52 heavy (non-hydrogen) atoms. The fourth-order valence-electron chi connectivity index (χ4n) is 7.54. The van der Waals surface area contributed by atoms with E-state index in [2.05, 4.69) is 163 Å². The molecule has 0 bridgehead atoms. The van der Waals surface area contributed by atoms with E-state index in [1.165, 1.54) is 27.3 Å². The summed E-state index contributed by atoms with van der Waals surface area (Å²) < 4.78 is 6.28. The Balaban J connectivity index is 1.08. The predicted molar refractivity (Wildman–Crippen MR) is 218 cm³/mol. The van der Waals surface area contributed by atoms with Gasteiger partial charge in [0.05, 0.1) is 0 Å². The zero-order chi connectivity index (χ0) is 34.4. The van der Waals surface area contributed by atoms with Crippen molar-refractivity contribution in [3.63, 3.8) is 0 Å². The van der Waals surface area contributed by atoms with Crippen molar-refractivity contribution in [2.75, 3.05) is 4.90 Å². The second-order valence-electron chi connectivity index (χ2n) is 13.2. The summed E-state index contributed by atoms with van der Waals surface area (Å²) in [5.41, 5.74) is 10.6. The highest BCUT2D eigenvalue weighted by Crippen LogP contribution is 2.40.